The zero-order valence-electron chi connectivity index (χ0n) is 9.44. The van der Waals surface area contributed by atoms with Gasteiger partial charge in [-0.25, -0.2) is 0 Å². The van der Waals surface area contributed by atoms with Crippen molar-refractivity contribution in [2.24, 2.45) is 10.8 Å². The Morgan fingerprint density at radius 1 is 1.00 bits per heavy atom. The number of aliphatic hydroxyl groups is 1. The zero-order chi connectivity index (χ0) is 9.99. The largest absolute Gasteiger partial charge is 0.393 e. The van der Waals surface area contributed by atoms with E-state index in [-0.39, 0.29) is 11.5 Å². The maximum absolute atomic E-state index is 9.75. The maximum atomic E-state index is 9.75. The molecule has 0 aliphatic heterocycles. The predicted octanol–water partition coefficient (Wildman–Crippen LogP) is 3.22. The van der Waals surface area contributed by atoms with Gasteiger partial charge in [-0.05, 0) is 23.7 Å². The molecule has 0 heterocycles. The fourth-order valence-corrected chi connectivity index (χ4v) is 1.00. The van der Waals surface area contributed by atoms with E-state index in [0.717, 1.165) is 12.8 Å². The van der Waals surface area contributed by atoms with Crippen LogP contribution in [0.5, 0.6) is 0 Å². The molecule has 0 spiro atoms. The SMILES string of the molecule is CC(C)(C)CC[C@@H](O)C(C)(C)C. The van der Waals surface area contributed by atoms with Crippen LogP contribution in [0.25, 0.3) is 0 Å². The predicted molar refractivity (Wildman–Crippen MR) is 54.2 cm³/mol. The first-order valence-electron chi connectivity index (χ1n) is 4.81. The van der Waals surface area contributed by atoms with Gasteiger partial charge in [-0.1, -0.05) is 41.5 Å². The second kappa shape index (κ2) is 3.78. The number of rotatable bonds is 2. The van der Waals surface area contributed by atoms with Crippen molar-refractivity contribution >= 4 is 0 Å². The molecule has 0 radical (unpaired) electrons. The van der Waals surface area contributed by atoms with Gasteiger partial charge in [0.2, 0.25) is 0 Å². The first-order valence-corrected chi connectivity index (χ1v) is 4.81. The third-order valence-corrected chi connectivity index (χ3v) is 2.17. The Kier molecular flexibility index (Phi) is 3.77. The Balaban J connectivity index is 3.80. The van der Waals surface area contributed by atoms with E-state index < -0.39 is 0 Å². The minimum atomic E-state index is -0.170. The fraction of sp³-hybridized carbons (Fsp3) is 1.00. The van der Waals surface area contributed by atoms with Crippen molar-refractivity contribution in [2.45, 2.75) is 60.5 Å². The third-order valence-electron chi connectivity index (χ3n) is 2.17. The fourth-order valence-electron chi connectivity index (χ4n) is 1.00. The van der Waals surface area contributed by atoms with Crippen LogP contribution in [0.3, 0.4) is 0 Å². The average Bonchev–Trinajstić information content (AvgIpc) is 1.78. The second-order valence-electron chi connectivity index (χ2n) is 5.98. The molecular formula is C11H24O. The average molecular weight is 172 g/mol. The third kappa shape index (κ3) is 5.59. The molecule has 0 aliphatic carbocycles. The second-order valence-corrected chi connectivity index (χ2v) is 5.98. The van der Waals surface area contributed by atoms with Crippen molar-refractivity contribution < 1.29 is 5.11 Å². The molecule has 0 aromatic carbocycles. The monoisotopic (exact) mass is 172 g/mol. The van der Waals surface area contributed by atoms with Gasteiger partial charge in [0.05, 0.1) is 6.10 Å². The van der Waals surface area contributed by atoms with E-state index in [4.69, 9.17) is 0 Å². The van der Waals surface area contributed by atoms with Gasteiger partial charge < -0.3 is 5.11 Å². The van der Waals surface area contributed by atoms with Gasteiger partial charge in [0.1, 0.15) is 0 Å². The van der Waals surface area contributed by atoms with E-state index in [2.05, 4.69) is 41.5 Å². The molecule has 1 atom stereocenters. The van der Waals surface area contributed by atoms with Gasteiger partial charge in [0.25, 0.3) is 0 Å². The first-order chi connectivity index (χ1) is 5.13. The molecule has 0 aromatic rings. The Labute approximate surface area is 77.2 Å². The molecule has 1 heteroatoms. The highest BCUT2D eigenvalue weighted by Crippen LogP contribution is 2.28. The van der Waals surface area contributed by atoms with E-state index >= 15 is 0 Å². The number of hydrogen-bond acceptors (Lipinski definition) is 1. The Morgan fingerprint density at radius 2 is 1.42 bits per heavy atom. The van der Waals surface area contributed by atoms with Gasteiger partial charge in [0.15, 0.2) is 0 Å². The van der Waals surface area contributed by atoms with Crippen LogP contribution in [0.2, 0.25) is 0 Å². The number of aliphatic hydroxyl groups excluding tert-OH is 1. The molecule has 12 heavy (non-hydrogen) atoms. The van der Waals surface area contributed by atoms with Crippen LogP contribution >= 0.6 is 0 Å². The van der Waals surface area contributed by atoms with Crippen LogP contribution in [-0.4, -0.2) is 11.2 Å². The van der Waals surface area contributed by atoms with Crippen molar-refractivity contribution in [1.82, 2.24) is 0 Å². The van der Waals surface area contributed by atoms with Crippen LogP contribution < -0.4 is 0 Å². The summed E-state index contributed by atoms with van der Waals surface area (Å²) in [5, 5.41) is 9.75. The maximum Gasteiger partial charge on any atom is 0.0588 e. The highest BCUT2D eigenvalue weighted by molar-refractivity contribution is 4.74. The summed E-state index contributed by atoms with van der Waals surface area (Å²) in [6.07, 6.45) is 1.83. The molecule has 0 saturated heterocycles. The van der Waals surface area contributed by atoms with Gasteiger partial charge in [-0.2, -0.15) is 0 Å². The van der Waals surface area contributed by atoms with E-state index in [1.54, 1.807) is 0 Å². The molecule has 0 unspecified atom stereocenters. The molecular weight excluding hydrogens is 148 g/mol. The Morgan fingerprint density at radius 3 is 1.67 bits per heavy atom. The van der Waals surface area contributed by atoms with Gasteiger partial charge >= 0.3 is 0 Å². The van der Waals surface area contributed by atoms with Crippen molar-refractivity contribution in [2.75, 3.05) is 0 Å². The lowest BCUT2D eigenvalue weighted by molar-refractivity contribution is 0.0459. The van der Waals surface area contributed by atoms with Crippen molar-refractivity contribution in [3.8, 4) is 0 Å². The lowest BCUT2D eigenvalue weighted by atomic mass is 9.81. The van der Waals surface area contributed by atoms with E-state index in [1.165, 1.54) is 0 Å². The number of hydrogen-bond donors (Lipinski definition) is 1. The molecule has 74 valence electrons. The summed E-state index contributed by atoms with van der Waals surface area (Å²) in [4.78, 5) is 0. The zero-order valence-corrected chi connectivity index (χ0v) is 9.44. The van der Waals surface area contributed by atoms with Gasteiger partial charge in [0, 0.05) is 0 Å². The molecule has 0 aliphatic rings. The Bertz CT molecular complexity index is 125. The lowest BCUT2D eigenvalue weighted by Crippen LogP contribution is -2.27. The van der Waals surface area contributed by atoms with Crippen LogP contribution in [0.1, 0.15) is 54.4 Å². The van der Waals surface area contributed by atoms with Gasteiger partial charge in [-0.15, -0.1) is 0 Å². The molecule has 0 bridgehead atoms. The molecule has 1 N–H and O–H groups in total. The summed E-state index contributed by atoms with van der Waals surface area (Å²) in [5.74, 6) is 0. The molecule has 0 fully saturated rings. The van der Waals surface area contributed by atoms with E-state index in [1.807, 2.05) is 0 Å². The Hall–Kier alpha value is -0.0400. The smallest absolute Gasteiger partial charge is 0.0588 e. The molecule has 0 amide bonds. The summed E-state index contributed by atoms with van der Waals surface area (Å²) in [6.45, 7) is 12.9. The molecule has 1 nitrogen and oxygen atoms in total. The molecule has 0 aromatic heterocycles. The standard InChI is InChI=1S/C11H24O/c1-10(2,3)8-7-9(12)11(4,5)6/h9,12H,7-8H2,1-6H3/t9-/m1/s1. The highest BCUT2D eigenvalue weighted by Gasteiger charge is 2.23. The molecule has 0 saturated carbocycles. The summed E-state index contributed by atoms with van der Waals surface area (Å²) in [7, 11) is 0. The van der Waals surface area contributed by atoms with Crippen molar-refractivity contribution in [3.63, 3.8) is 0 Å². The topological polar surface area (TPSA) is 20.2 Å². The summed E-state index contributed by atoms with van der Waals surface area (Å²) in [6, 6.07) is 0. The molecule has 0 rings (SSSR count). The normalized spacial score (nSPS) is 16.2. The van der Waals surface area contributed by atoms with Crippen LogP contribution in [0.15, 0.2) is 0 Å². The minimum absolute atomic E-state index is 0.0330. The summed E-state index contributed by atoms with van der Waals surface area (Å²) >= 11 is 0. The van der Waals surface area contributed by atoms with Crippen molar-refractivity contribution in [3.05, 3.63) is 0 Å². The van der Waals surface area contributed by atoms with E-state index in [9.17, 15) is 5.11 Å². The summed E-state index contributed by atoms with van der Waals surface area (Å²) < 4.78 is 0. The highest BCUT2D eigenvalue weighted by atomic mass is 16.3. The van der Waals surface area contributed by atoms with Crippen molar-refractivity contribution in [1.29, 1.82) is 0 Å². The quantitative estimate of drug-likeness (QED) is 0.678. The van der Waals surface area contributed by atoms with Crippen LogP contribution in [0.4, 0.5) is 0 Å². The minimum Gasteiger partial charge on any atom is -0.393 e. The van der Waals surface area contributed by atoms with Crippen LogP contribution in [0, 0.1) is 10.8 Å². The lowest BCUT2D eigenvalue weighted by Gasteiger charge is -2.28. The first kappa shape index (κ1) is 12.0. The van der Waals surface area contributed by atoms with E-state index in [0.29, 0.717) is 5.41 Å². The summed E-state index contributed by atoms with van der Waals surface area (Å²) in [5.41, 5.74) is 0.372. The van der Waals surface area contributed by atoms with Gasteiger partial charge in [-0.3, -0.25) is 0 Å². The van der Waals surface area contributed by atoms with Crippen LogP contribution in [-0.2, 0) is 0 Å².